The summed E-state index contributed by atoms with van der Waals surface area (Å²) in [5, 5.41) is 0.867. The summed E-state index contributed by atoms with van der Waals surface area (Å²) in [6, 6.07) is 7.57. The van der Waals surface area contributed by atoms with Gasteiger partial charge in [-0.05, 0) is 15.1 Å². The van der Waals surface area contributed by atoms with E-state index in [9.17, 15) is 0 Å². The standard InChI is InChI=1S/C6Cl3.BrH.Mg/c7-4-1-2-5(8)6(9)3-4;;/h;1H;/q-1;;+2/p-1. The normalized spacial score (nSPS) is 7.18. The number of rotatable bonds is 0. The van der Waals surface area contributed by atoms with Gasteiger partial charge in [-0.15, -0.1) is 29.3 Å². The summed E-state index contributed by atoms with van der Waals surface area (Å²) in [5.74, 6) is 0. The van der Waals surface area contributed by atoms with E-state index >= 15 is 0 Å². The van der Waals surface area contributed by atoms with Crippen molar-refractivity contribution < 1.29 is 17.0 Å². The molecule has 1 rings (SSSR count). The molecule has 0 saturated heterocycles. The van der Waals surface area contributed by atoms with Gasteiger partial charge in [-0.2, -0.15) is 17.7 Å². The molecule has 0 aliphatic rings. The van der Waals surface area contributed by atoms with Gasteiger partial charge in [-0.25, -0.2) is 6.07 Å². The molecule has 0 N–H and O–H groups in total. The van der Waals surface area contributed by atoms with Gasteiger partial charge in [-0.1, -0.05) is 0 Å². The molecule has 1 aromatic rings. The summed E-state index contributed by atoms with van der Waals surface area (Å²) >= 11 is 16.4. The van der Waals surface area contributed by atoms with Crippen LogP contribution in [0.1, 0.15) is 0 Å². The van der Waals surface area contributed by atoms with Crippen molar-refractivity contribution in [3.8, 4) is 0 Å². The average Bonchev–Trinajstić information content (AvgIpc) is 1.80. The first-order valence-electron chi connectivity index (χ1n) is 2.07. The van der Waals surface area contributed by atoms with Crippen LogP contribution in [-0.4, -0.2) is 23.1 Å². The Bertz CT molecular complexity index is 229. The van der Waals surface area contributed by atoms with Crippen molar-refractivity contribution in [2.75, 3.05) is 0 Å². The van der Waals surface area contributed by atoms with Gasteiger partial charge in [0.15, 0.2) is 0 Å². The van der Waals surface area contributed by atoms with Crippen LogP contribution in [0.5, 0.6) is 0 Å². The summed E-state index contributed by atoms with van der Waals surface area (Å²) in [4.78, 5) is 0. The molecule has 0 unspecified atom stereocenters. The third kappa shape index (κ3) is 4.67. The molecule has 1 aromatic carbocycles. The largest absolute Gasteiger partial charge is 2.00 e. The van der Waals surface area contributed by atoms with E-state index in [1.165, 1.54) is 0 Å². The predicted molar refractivity (Wildman–Crippen MR) is 43.7 cm³/mol. The minimum absolute atomic E-state index is 0. The van der Waals surface area contributed by atoms with Gasteiger partial charge < -0.3 is 17.0 Å². The Balaban J connectivity index is 0. The van der Waals surface area contributed by atoms with Crippen molar-refractivity contribution in [1.29, 1.82) is 0 Å². The van der Waals surface area contributed by atoms with E-state index in [4.69, 9.17) is 34.8 Å². The van der Waals surface area contributed by atoms with Gasteiger partial charge in [0, 0.05) is 0 Å². The molecule has 0 aliphatic carbocycles. The minimum atomic E-state index is 0. The Morgan fingerprint density at radius 1 is 1.09 bits per heavy atom. The third-order valence-electron chi connectivity index (χ3n) is 0.694. The Labute approximate surface area is 107 Å². The van der Waals surface area contributed by atoms with Crippen molar-refractivity contribution in [3.05, 3.63) is 33.3 Å². The van der Waals surface area contributed by atoms with Crippen LogP contribution in [0.2, 0.25) is 15.1 Å². The van der Waals surface area contributed by atoms with Gasteiger partial charge in [-0.3, -0.25) is 0 Å². The van der Waals surface area contributed by atoms with Crippen LogP contribution >= 0.6 is 34.8 Å². The van der Waals surface area contributed by atoms with Crippen LogP contribution in [0.25, 0.3) is 0 Å². The Morgan fingerprint density at radius 3 is 2.00 bits per heavy atom. The molecular weight excluding hydrogens is 283 g/mol. The Hall–Kier alpha value is 1.16. The summed E-state index contributed by atoms with van der Waals surface area (Å²) in [6.45, 7) is 0. The fraction of sp³-hybridized carbons (Fsp3) is 0. The summed E-state index contributed by atoms with van der Waals surface area (Å²) in [5.41, 5.74) is 0. The van der Waals surface area contributed by atoms with Crippen molar-refractivity contribution in [3.63, 3.8) is 0 Å². The molecule has 11 heavy (non-hydrogen) atoms. The topological polar surface area (TPSA) is 0 Å². The van der Waals surface area contributed by atoms with Crippen molar-refractivity contribution in [1.82, 2.24) is 0 Å². The predicted octanol–water partition coefficient (Wildman–Crippen LogP) is -0.329. The molecule has 0 radical (unpaired) electrons. The zero-order chi connectivity index (χ0) is 6.85. The van der Waals surface area contributed by atoms with Crippen LogP contribution < -0.4 is 17.0 Å². The number of halogens is 4. The fourth-order valence-corrected chi connectivity index (χ4v) is 0.773. The minimum Gasteiger partial charge on any atom is -1.00 e. The van der Waals surface area contributed by atoms with Crippen LogP contribution in [-0.2, 0) is 0 Å². The molecule has 0 atom stereocenters. The van der Waals surface area contributed by atoms with Crippen LogP contribution in [0, 0.1) is 18.2 Å². The van der Waals surface area contributed by atoms with E-state index in [0.29, 0.717) is 10.0 Å². The molecule has 0 spiro atoms. The maximum Gasteiger partial charge on any atom is 2.00 e. The molecular formula is C6BrCl3Mg. The molecule has 0 bridgehead atoms. The molecule has 54 valence electrons. The van der Waals surface area contributed by atoms with Crippen molar-refractivity contribution >= 4 is 57.9 Å². The van der Waals surface area contributed by atoms with E-state index < -0.39 is 0 Å². The van der Waals surface area contributed by atoms with Crippen molar-refractivity contribution in [2.24, 2.45) is 0 Å². The molecule has 0 aliphatic heterocycles. The smallest absolute Gasteiger partial charge is 1.00 e. The first-order chi connectivity index (χ1) is 4.20. The van der Waals surface area contributed by atoms with Gasteiger partial charge in [0.25, 0.3) is 0 Å². The quantitative estimate of drug-likeness (QED) is 0.452. The molecule has 0 saturated carbocycles. The second kappa shape index (κ2) is 6.65. The second-order valence-electron chi connectivity index (χ2n) is 1.32. The number of hydrogen-bond donors (Lipinski definition) is 0. The summed E-state index contributed by atoms with van der Waals surface area (Å²) in [7, 11) is 0. The molecule has 0 nitrogen and oxygen atoms in total. The number of hydrogen-bond acceptors (Lipinski definition) is 0. The van der Waals surface area contributed by atoms with E-state index in [-0.39, 0.29) is 45.1 Å². The monoisotopic (exact) mass is 280 g/mol. The van der Waals surface area contributed by atoms with E-state index in [1.807, 2.05) is 0 Å². The SMILES string of the molecule is Clc1c#cc(Cl)c(Cl)[c-]1.[Br-].[Mg+2]. The fourth-order valence-electron chi connectivity index (χ4n) is 0.347. The average molecular weight is 283 g/mol. The van der Waals surface area contributed by atoms with Gasteiger partial charge in [0.05, 0.1) is 0 Å². The third-order valence-corrected chi connectivity index (χ3v) is 1.55. The van der Waals surface area contributed by atoms with E-state index in [2.05, 4.69) is 18.2 Å². The van der Waals surface area contributed by atoms with Gasteiger partial charge >= 0.3 is 23.1 Å². The van der Waals surface area contributed by atoms with Gasteiger partial charge in [0.2, 0.25) is 0 Å². The molecule has 0 aromatic heterocycles. The maximum absolute atomic E-state index is 5.49. The van der Waals surface area contributed by atoms with Crippen LogP contribution in [0.3, 0.4) is 0 Å². The molecule has 0 fully saturated rings. The van der Waals surface area contributed by atoms with Crippen LogP contribution in [0.4, 0.5) is 0 Å². The Kier molecular flexibility index (Phi) is 8.87. The zero-order valence-electron chi connectivity index (χ0n) is 5.22. The van der Waals surface area contributed by atoms with E-state index in [1.54, 1.807) is 0 Å². The summed E-state index contributed by atoms with van der Waals surface area (Å²) < 4.78 is 0. The molecule has 0 amide bonds. The van der Waals surface area contributed by atoms with Crippen LogP contribution in [0.15, 0.2) is 0 Å². The first-order valence-corrected chi connectivity index (χ1v) is 3.20. The maximum atomic E-state index is 5.49. The Morgan fingerprint density at radius 2 is 1.64 bits per heavy atom. The first kappa shape index (κ1) is 14.7. The second-order valence-corrected chi connectivity index (χ2v) is 2.45. The van der Waals surface area contributed by atoms with Gasteiger partial charge in [0.1, 0.15) is 0 Å². The molecule has 5 heteroatoms. The van der Waals surface area contributed by atoms with Crippen molar-refractivity contribution in [2.45, 2.75) is 0 Å². The summed E-state index contributed by atoms with van der Waals surface area (Å²) in [6.07, 6.45) is 0. The van der Waals surface area contributed by atoms with E-state index in [0.717, 1.165) is 0 Å². The molecule has 0 heterocycles. The zero-order valence-corrected chi connectivity index (χ0v) is 10.5.